The minimum atomic E-state index is -4.98. The maximum Gasteiger partial charge on any atom is 0.416 e. The number of hydrogen-bond donors (Lipinski definition) is 2. The van der Waals surface area contributed by atoms with Gasteiger partial charge in [-0.2, -0.15) is 26.3 Å². The predicted molar refractivity (Wildman–Crippen MR) is 195 cm³/mol. The van der Waals surface area contributed by atoms with E-state index in [2.05, 4.69) is 74.7 Å². The van der Waals surface area contributed by atoms with Gasteiger partial charge in [0.2, 0.25) is 8.32 Å². The van der Waals surface area contributed by atoms with Crippen LogP contribution in [0.25, 0.3) is 10.9 Å². The van der Waals surface area contributed by atoms with Crippen molar-refractivity contribution in [2.24, 2.45) is 11.8 Å². The van der Waals surface area contributed by atoms with Gasteiger partial charge in [0.05, 0.1) is 22.7 Å². The Kier molecular flexibility index (Phi) is 11.1. The number of nitrogens with zero attached hydrogens (tertiary/aromatic N) is 2. The summed E-state index contributed by atoms with van der Waals surface area (Å²) in [6.07, 6.45) is -4.23. The average molecular weight is 737 g/mol. The van der Waals surface area contributed by atoms with E-state index in [9.17, 15) is 26.3 Å². The molecule has 3 aliphatic heterocycles. The van der Waals surface area contributed by atoms with Crippen molar-refractivity contribution < 1.29 is 30.8 Å². The Hall–Kier alpha value is -3.00. The lowest BCUT2D eigenvalue weighted by Crippen LogP contribution is -2.58. The van der Waals surface area contributed by atoms with Crippen molar-refractivity contribution in [2.75, 3.05) is 23.7 Å². The number of rotatable bonds is 10. The molecule has 1 aromatic heterocycles. The third-order valence-corrected chi connectivity index (χ3v) is 17.0. The van der Waals surface area contributed by atoms with E-state index in [1.165, 1.54) is 0 Å². The van der Waals surface area contributed by atoms with Gasteiger partial charge in [-0.3, -0.25) is 9.88 Å². The van der Waals surface area contributed by atoms with E-state index in [-0.39, 0.29) is 23.3 Å². The van der Waals surface area contributed by atoms with E-state index in [1.54, 1.807) is 12.3 Å². The number of fused-ring (bicyclic) bond motifs is 4. The first-order valence-electron chi connectivity index (χ1n) is 17.2. The summed E-state index contributed by atoms with van der Waals surface area (Å²) in [5.74, 6) is 0.954. The molecule has 50 heavy (non-hydrogen) atoms. The maximum absolute atomic E-state index is 13.5. The van der Waals surface area contributed by atoms with Crippen LogP contribution in [0.15, 0.2) is 61.3 Å². The normalized spacial score (nSPS) is 22.0. The molecule has 5 nitrogen and oxygen atoms in total. The summed E-state index contributed by atoms with van der Waals surface area (Å²) >= 11 is 5.38. The van der Waals surface area contributed by atoms with E-state index in [4.69, 9.17) is 16.6 Å². The van der Waals surface area contributed by atoms with E-state index >= 15 is 0 Å². The first-order valence-corrected chi connectivity index (χ1v) is 19.7. The monoisotopic (exact) mass is 736 g/mol. The van der Waals surface area contributed by atoms with Gasteiger partial charge in [0.25, 0.3) is 0 Å². The Labute approximate surface area is 297 Å². The maximum atomic E-state index is 13.5. The number of nitrogens with one attached hydrogen (secondary N) is 2. The van der Waals surface area contributed by atoms with Crippen molar-refractivity contribution in [3.8, 4) is 0 Å². The van der Waals surface area contributed by atoms with Crippen LogP contribution in [0.3, 0.4) is 0 Å². The molecule has 0 radical (unpaired) electrons. The Morgan fingerprint density at radius 1 is 0.920 bits per heavy atom. The molecule has 0 spiro atoms. The molecule has 3 aromatic rings. The molecule has 3 saturated heterocycles. The highest BCUT2D eigenvalue weighted by Crippen LogP contribution is 2.50. The SMILES string of the molecule is C=CC1CN2CCC1CC2[C@@H](O[Si](C(C)C)(C(C)C)C(C)C)c1ccnc2ccc(NC(=S)Nc3cc(C(F)(F)F)cc(C(F)(F)F)c3)cc12. The average Bonchev–Trinajstić information content (AvgIpc) is 3.03. The second-order valence-electron chi connectivity index (χ2n) is 14.6. The molecule has 4 unspecified atom stereocenters. The van der Waals surface area contributed by atoms with Gasteiger partial charge in [-0.05, 0) is 108 Å². The number of benzene rings is 2. The number of anilines is 2. The summed E-state index contributed by atoms with van der Waals surface area (Å²) in [5.41, 5.74) is -0.00419. The zero-order chi connectivity index (χ0) is 36.8. The number of thiocarbonyl (C=S) groups is 1. The molecule has 2 bridgehead atoms. The summed E-state index contributed by atoms with van der Waals surface area (Å²) in [7, 11) is -2.39. The summed E-state index contributed by atoms with van der Waals surface area (Å²) in [5, 5.41) is 6.16. The lowest BCUT2D eigenvalue weighted by Gasteiger charge is -2.54. The molecule has 4 heterocycles. The topological polar surface area (TPSA) is 49.4 Å². The first-order chi connectivity index (χ1) is 23.3. The van der Waals surface area contributed by atoms with Crippen LogP contribution >= 0.6 is 12.2 Å². The molecular formula is C37H46F6N4OSSi. The number of aromatic nitrogens is 1. The molecule has 0 amide bonds. The molecule has 3 aliphatic rings. The lowest BCUT2D eigenvalue weighted by atomic mass is 9.73. The molecule has 2 aromatic carbocycles. The van der Waals surface area contributed by atoms with E-state index in [1.807, 2.05) is 18.2 Å². The summed E-state index contributed by atoms with van der Waals surface area (Å²) in [4.78, 5) is 7.19. The highest BCUT2D eigenvalue weighted by Gasteiger charge is 2.51. The molecular weight excluding hydrogens is 691 g/mol. The van der Waals surface area contributed by atoms with Crippen molar-refractivity contribution in [3.63, 3.8) is 0 Å². The molecule has 13 heteroatoms. The van der Waals surface area contributed by atoms with E-state index in [0.717, 1.165) is 42.4 Å². The van der Waals surface area contributed by atoms with Crippen LogP contribution in [0.2, 0.25) is 16.6 Å². The fourth-order valence-electron chi connectivity index (χ4n) is 8.48. The van der Waals surface area contributed by atoms with Gasteiger partial charge in [-0.1, -0.05) is 47.6 Å². The molecule has 5 atom stereocenters. The van der Waals surface area contributed by atoms with Gasteiger partial charge in [0, 0.05) is 35.5 Å². The molecule has 6 rings (SSSR count). The van der Waals surface area contributed by atoms with Gasteiger partial charge in [0.1, 0.15) is 0 Å². The van der Waals surface area contributed by atoms with Crippen LogP contribution in [-0.2, 0) is 16.8 Å². The highest BCUT2D eigenvalue weighted by atomic mass is 32.1. The van der Waals surface area contributed by atoms with Crippen LogP contribution in [0.4, 0.5) is 37.7 Å². The van der Waals surface area contributed by atoms with Crippen molar-refractivity contribution in [3.05, 3.63) is 78.0 Å². The minimum absolute atomic E-state index is 0.0830. The van der Waals surface area contributed by atoms with E-state index < -0.39 is 37.5 Å². The highest BCUT2D eigenvalue weighted by molar-refractivity contribution is 7.80. The Bertz CT molecular complexity index is 1660. The zero-order valence-corrected chi connectivity index (χ0v) is 31.1. The van der Waals surface area contributed by atoms with Crippen LogP contribution in [0, 0.1) is 11.8 Å². The summed E-state index contributed by atoms with van der Waals surface area (Å²) in [6, 6.07) is 8.88. The van der Waals surface area contributed by atoms with Gasteiger partial charge in [-0.15, -0.1) is 6.58 Å². The Morgan fingerprint density at radius 2 is 1.52 bits per heavy atom. The Morgan fingerprint density at radius 3 is 2.04 bits per heavy atom. The van der Waals surface area contributed by atoms with E-state index in [0.29, 0.717) is 46.3 Å². The first kappa shape index (κ1) is 38.2. The standard InChI is InChI=1S/C37H46F6N4OSSi/c1-8-24-20-47-14-12-25(24)15-33(47)34(48-50(21(2)3,22(4)5)23(6)7)30-11-13-44-32-10-9-28(19-31(30)32)45-35(49)46-29-17-26(36(38,39)40)16-27(18-29)37(41,42)43/h8-11,13,16-19,21-25,33-34H,1,12,14-15,20H2,2-7H3,(H2,45,46,49)/t24?,25?,33?,34-/m0/s1. The second-order valence-corrected chi connectivity index (χ2v) is 20.4. The molecule has 0 aliphatic carbocycles. The van der Waals surface area contributed by atoms with Crippen LogP contribution < -0.4 is 10.6 Å². The number of alkyl halides is 6. The van der Waals surface area contributed by atoms with Gasteiger partial charge >= 0.3 is 12.4 Å². The van der Waals surface area contributed by atoms with Crippen LogP contribution in [0.1, 0.15) is 77.2 Å². The lowest BCUT2D eigenvalue weighted by molar-refractivity contribution is -0.143. The zero-order valence-electron chi connectivity index (χ0n) is 29.3. The molecule has 3 fully saturated rings. The number of hydrogen-bond acceptors (Lipinski definition) is 4. The van der Waals surface area contributed by atoms with Crippen molar-refractivity contribution in [1.29, 1.82) is 0 Å². The molecule has 2 N–H and O–H groups in total. The smallest absolute Gasteiger partial charge is 0.408 e. The van der Waals surface area contributed by atoms with Crippen molar-refractivity contribution >= 4 is 47.9 Å². The van der Waals surface area contributed by atoms with Crippen LogP contribution in [-0.4, -0.2) is 42.4 Å². The summed E-state index contributed by atoms with van der Waals surface area (Å²) < 4.78 is 88.4. The van der Waals surface area contributed by atoms with Gasteiger partial charge in [-0.25, -0.2) is 0 Å². The molecule has 272 valence electrons. The summed E-state index contributed by atoms with van der Waals surface area (Å²) in [6.45, 7) is 19.7. The number of halogens is 6. The quantitative estimate of drug-likeness (QED) is 0.0935. The Balaban J connectivity index is 1.53. The fraction of sp³-hybridized carbons (Fsp3) is 0.514. The van der Waals surface area contributed by atoms with Crippen molar-refractivity contribution in [2.45, 2.75) is 95.5 Å². The van der Waals surface area contributed by atoms with Crippen LogP contribution in [0.5, 0.6) is 0 Å². The second kappa shape index (κ2) is 14.6. The third-order valence-electron chi connectivity index (χ3n) is 10.7. The minimum Gasteiger partial charge on any atom is -0.408 e. The van der Waals surface area contributed by atoms with Gasteiger partial charge in [0.15, 0.2) is 5.11 Å². The van der Waals surface area contributed by atoms with Gasteiger partial charge < -0.3 is 15.1 Å². The predicted octanol–water partition coefficient (Wildman–Crippen LogP) is 11.2. The van der Waals surface area contributed by atoms with Crippen molar-refractivity contribution in [1.82, 2.24) is 9.88 Å². The number of pyridine rings is 1. The largest absolute Gasteiger partial charge is 0.416 e. The third kappa shape index (κ3) is 7.75. The molecule has 0 saturated carbocycles. The fourth-order valence-corrected chi connectivity index (χ4v) is 14.3. The number of piperidine rings is 3.